The molecule has 2 rings (SSSR count). The van der Waals surface area contributed by atoms with Crippen LogP contribution in [0.4, 0.5) is 0 Å². The molecule has 22 heavy (non-hydrogen) atoms. The van der Waals surface area contributed by atoms with Gasteiger partial charge in [-0.1, -0.05) is 19.1 Å². The molecule has 0 spiro atoms. The van der Waals surface area contributed by atoms with Gasteiger partial charge in [0.25, 0.3) is 0 Å². The quantitative estimate of drug-likeness (QED) is 0.573. The molecule has 122 valence electrons. The Bertz CT molecular complexity index is 479. The molecule has 0 radical (unpaired) electrons. The molecule has 0 saturated carbocycles. The van der Waals surface area contributed by atoms with Crippen molar-refractivity contribution < 1.29 is 14.3 Å². The summed E-state index contributed by atoms with van der Waals surface area (Å²) >= 11 is 0. The summed E-state index contributed by atoms with van der Waals surface area (Å²) < 4.78 is 11.6. The predicted molar refractivity (Wildman–Crippen MR) is 87.6 cm³/mol. The number of rotatable bonds is 7. The molecule has 4 heteroatoms. The molecule has 2 unspecified atom stereocenters. The minimum atomic E-state index is 0.131. The molecule has 0 aliphatic carbocycles. The van der Waals surface area contributed by atoms with Gasteiger partial charge in [0.1, 0.15) is 5.75 Å². The Morgan fingerprint density at radius 2 is 1.95 bits per heavy atom. The van der Waals surface area contributed by atoms with E-state index in [9.17, 15) is 4.79 Å². The highest BCUT2D eigenvalue weighted by Crippen LogP contribution is 2.20. The van der Waals surface area contributed by atoms with E-state index in [4.69, 9.17) is 9.47 Å². The summed E-state index contributed by atoms with van der Waals surface area (Å²) in [5.74, 6) is 0.837. The van der Waals surface area contributed by atoms with E-state index in [0.29, 0.717) is 36.5 Å². The molecule has 1 aliphatic rings. The third kappa shape index (κ3) is 4.82. The Hall–Kier alpha value is -1.39. The minimum Gasteiger partial charge on any atom is -0.493 e. The van der Waals surface area contributed by atoms with Crippen LogP contribution < -0.4 is 4.74 Å². The van der Waals surface area contributed by atoms with Crippen molar-refractivity contribution in [2.24, 2.45) is 0 Å². The summed E-state index contributed by atoms with van der Waals surface area (Å²) in [6.07, 6.45) is 2.05. The first kappa shape index (κ1) is 17.0. The van der Waals surface area contributed by atoms with Gasteiger partial charge in [0.15, 0.2) is 5.78 Å². The van der Waals surface area contributed by atoms with Crippen LogP contribution in [0.1, 0.15) is 44.0 Å². The Kier molecular flexibility index (Phi) is 6.40. The fourth-order valence-electron chi connectivity index (χ4n) is 2.95. The van der Waals surface area contributed by atoms with Gasteiger partial charge in [-0.05, 0) is 32.4 Å². The second-order valence-corrected chi connectivity index (χ2v) is 5.99. The maximum absolute atomic E-state index is 11.9. The average molecular weight is 305 g/mol. The Morgan fingerprint density at radius 1 is 1.27 bits per heavy atom. The van der Waals surface area contributed by atoms with Crippen molar-refractivity contribution in [3.63, 3.8) is 0 Å². The van der Waals surface area contributed by atoms with Crippen molar-refractivity contribution >= 4 is 5.78 Å². The molecule has 0 bridgehead atoms. The maximum Gasteiger partial charge on any atom is 0.166 e. The van der Waals surface area contributed by atoms with E-state index in [1.807, 2.05) is 31.2 Å². The first-order chi connectivity index (χ1) is 10.6. The van der Waals surface area contributed by atoms with Gasteiger partial charge in [0.2, 0.25) is 0 Å². The number of ether oxygens (including phenoxy) is 2. The van der Waals surface area contributed by atoms with Gasteiger partial charge in [-0.2, -0.15) is 0 Å². The summed E-state index contributed by atoms with van der Waals surface area (Å²) in [6, 6.07) is 7.51. The molecule has 0 aromatic heterocycles. The second-order valence-electron chi connectivity index (χ2n) is 5.99. The molecule has 1 heterocycles. The molecule has 1 fully saturated rings. The Labute approximate surface area is 133 Å². The summed E-state index contributed by atoms with van der Waals surface area (Å²) in [7, 11) is 0. The minimum absolute atomic E-state index is 0.131. The van der Waals surface area contributed by atoms with E-state index >= 15 is 0 Å². The van der Waals surface area contributed by atoms with Gasteiger partial charge in [-0.15, -0.1) is 0 Å². The highest BCUT2D eigenvalue weighted by atomic mass is 16.5. The number of Topliss-reactive ketones (excluding diaryl/α,β-unsaturated/α-hetero) is 1. The number of nitrogens with zero attached hydrogens (tertiary/aromatic N) is 1. The molecule has 2 atom stereocenters. The van der Waals surface area contributed by atoms with Crippen molar-refractivity contribution in [3.8, 4) is 5.75 Å². The van der Waals surface area contributed by atoms with Gasteiger partial charge < -0.3 is 9.47 Å². The molecule has 1 saturated heterocycles. The van der Waals surface area contributed by atoms with Crippen LogP contribution in [0.3, 0.4) is 0 Å². The average Bonchev–Trinajstić information content (AvgIpc) is 2.50. The SMILES string of the molecule is CCC(=O)c1ccccc1OCCCN1CC(C)OC(C)C1. The van der Waals surface area contributed by atoms with Gasteiger partial charge >= 0.3 is 0 Å². The molecule has 0 N–H and O–H groups in total. The van der Waals surface area contributed by atoms with Crippen molar-refractivity contribution in [3.05, 3.63) is 29.8 Å². The van der Waals surface area contributed by atoms with E-state index in [1.165, 1.54) is 0 Å². The van der Waals surface area contributed by atoms with Crippen molar-refractivity contribution in [2.75, 3.05) is 26.2 Å². The van der Waals surface area contributed by atoms with Gasteiger partial charge in [0, 0.05) is 26.1 Å². The third-order valence-electron chi connectivity index (χ3n) is 3.88. The van der Waals surface area contributed by atoms with Gasteiger partial charge in [-0.3, -0.25) is 9.69 Å². The highest BCUT2D eigenvalue weighted by molar-refractivity contribution is 5.98. The lowest BCUT2D eigenvalue weighted by molar-refractivity contribution is -0.0686. The van der Waals surface area contributed by atoms with E-state index in [0.717, 1.165) is 26.1 Å². The molecule has 4 nitrogen and oxygen atoms in total. The summed E-state index contributed by atoms with van der Waals surface area (Å²) in [4.78, 5) is 14.3. The fourth-order valence-corrected chi connectivity index (χ4v) is 2.95. The van der Waals surface area contributed by atoms with E-state index in [1.54, 1.807) is 0 Å². The smallest absolute Gasteiger partial charge is 0.166 e. The van der Waals surface area contributed by atoms with Gasteiger partial charge in [0.05, 0.1) is 24.4 Å². The monoisotopic (exact) mass is 305 g/mol. The molecular formula is C18H27NO3. The lowest BCUT2D eigenvalue weighted by Crippen LogP contribution is -2.45. The summed E-state index contributed by atoms with van der Waals surface area (Å²) in [5, 5.41) is 0. The highest BCUT2D eigenvalue weighted by Gasteiger charge is 2.21. The zero-order valence-corrected chi connectivity index (χ0v) is 13.9. The standard InChI is InChI=1S/C18H27NO3/c1-4-17(20)16-8-5-6-9-18(16)21-11-7-10-19-12-14(2)22-15(3)13-19/h5-6,8-9,14-15H,4,7,10-13H2,1-3H3. The lowest BCUT2D eigenvalue weighted by atomic mass is 10.1. The third-order valence-corrected chi connectivity index (χ3v) is 3.88. The molecule has 1 aliphatic heterocycles. The van der Waals surface area contributed by atoms with Crippen molar-refractivity contribution in [1.82, 2.24) is 4.90 Å². The van der Waals surface area contributed by atoms with E-state index in [-0.39, 0.29) is 5.78 Å². The van der Waals surface area contributed by atoms with Crippen LogP contribution >= 0.6 is 0 Å². The second kappa shape index (κ2) is 8.30. The zero-order valence-electron chi connectivity index (χ0n) is 13.9. The lowest BCUT2D eigenvalue weighted by Gasteiger charge is -2.35. The van der Waals surface area contributed by atoms with Crippen molar-refractivity contribution in [2.45, 2.75) is 45.8 Å². The van der Waals surface area contributed by atoms with Crippen LogP contribution in [-0.4, -0.2) is 49.1 Å². The number of carbonyl (C=O) groups is 1. The fraction of sp³-hybridized carbons (Fsp3) is 0.611. The van der Waals surface area contributed by atoms with Crippen LogP contribution in [0.25, 0.3) is 0 Å². The molecule has 0 amide bonds. The van der Waals surface area contributed by atoms with Crippen LogP contribution in [0.15, 0.2) is 24.3 Å². The molecular weight excluding hydrogens is 278 g/mol. The van der Waals surface area contributed by atoms with Crippen LogP contribution in [0.5, 0.6) is 5.75 Å². The van der Waals surface area contributed by atoms with E-state index in [2.05, 4.69) is 18.7 Å². The summed E-state index contributed by atoms with van der Waals surface area (Å²) in [5.41, 5.74) is 0.693. The number of hydrogen-bond donors (Lipinski definition) is 0. The van der Waals surface area contributed by atoms with Crippen LogP contribution in [0, 0.1) is 0 Å². The number of ketones is 1. The Morgan fingerprint density at radius 3 is 2.64 bits per heavy atom. The Balaban J connectivity index is 1.78. The molecule has 1 aromatic rings. The van der Waals surface area contributed by atoms with E-state index < -0.39 is 0 Å². The largest absolute Gasteiger partial charge is 0.493 e. The normalized spacial score (nSPS) is 22.5. The number of morpholine rings is 1. The number of benzene rings is 1. The topological polar surface area (TPSA) is 38.8 Å². The van der Waals surface area contributed by atoms with Crippen LogP contribution in [0.2, 0.25) is 0 Å². The number of para-hydroxylation sites is 1. The summed E-state index contributed by atoms with van der Waals surface area (Å²) in [6.45, 7) is 9.71. The van der Waals surface area contributed by atoms with Crippen LogP contribution in [-0.2, 0) is 4.74 Å². The first-order valence-corrected chi connectivity index (χ1v) is 8.23. The predicted octanol–water partition coefficient (Wildman–Crippen LogP) is 3.16. The maximum atomic E-state index is 11.9. The van der Waals surface area contributed by atoms with Gasteiger partial charge in [-0.25, -0.2) is 0 Å². The molecule has 1 aromatic carbocycles. The number of hydrogen-bond acceptors (Lipinski definition) is 4. The van der Waals surface area contributed by atoms with Crippen molar-refractivity contribution in [1.29, 1.82) is 0 Å². The first-order valence-electron chi connectivity index (χ1n) is 8.23. The number of carbonyl (C=O) groups excluding carboxylic acids is 1. The zero-order chi connectivity index (χ0) is 15.9.